The number of benzene rings is 2. The molecular weight excluding hydrogens is 374 g/mol. The van der Waals surface area contributed by atoms with Crippen molar-refractivity contribution in [1.82, 2.24) is 4.72 Å². The van der Waals surface area contributed by atoms with Crippen molar-refractivity contribution in [3.63, 3.8) is 0 Å². The van der Waals surface area contributed by atoms with Gasteiger partial charge in [-0.05, 0) is 80.1 Å². The first kappa shape index (κ1) is 22.2. The summed E-state index contributed by atoms with van der Waals surface area (Å²) in [7, 11) is -2.08. The van der Waals surface area contributed by atoms with Crippen LogP contribution in [0.2, 0.25) is 0 Å². The second-order valence-corrected chi connectivity index (χ2v) is 9.28. The Bertz CT molecular complexity index is 936. The highest BCUT2D eigenvalue weighted by molar-refractivity contribution is 7.89. The predicted octanol–water partition coefficient (Wildman–Crippen LogP) is 4.49. The van der Waals surface area contributed by atoms with Crippen LogP contribution in [0.15, 0.2) is 35.2 Å². The summed E-state index contributed by atoms with van der Waals surface area (Å²) in [5.41, 5.74) is 3.85. The van der Waals surface area contributed by atoms with Crippen molar-refractivity contribution in [2.24, 2.45) is 0 Å². The molecule has 1 N–H and O–H groups in total. The molecule has 2 aromatic rings. The average Bonchev–Trinajstić information content (AvgIpc) is 2.61. The Kier molecular flexibility index (Phi) is 7.12. The summed E-state index contributed by atoms with van der Waals surface area (Å²) in [6.07, 6.45) is 0. The monoisotopic (exact) mass is 405 g/mol. The molecule has 0 aromatic heterocycles. The second-order valence-electron chi connectivity index (χ2n) is 7.59. The summed E-state index contributed by atoms with van der Waals surface area (Å²) in [6.45, 7) is 11.9. The zero-order valence-corrected chi connectivity index (χ0v) is 18.6. The molecule has 0 saturated carbocycles. The Morgan fingerprint density at radius 2 is 1.64 bits per heavy atom. The fraction of sp³-hybridized carbons (Fsp3) is 0.455. The smallest absolute Gasteiger partial charge is 0.241 e. The van der Waals surface area contributed by atoms with E-state index in [-0.39, 0.29) is 23.5 Å². The molecule has 2 rings (SSSR count). The first-order chi connectivity index (χ1) is 13.0. The normalized spacial score (nSPS) is 12.9. The average molecular weight is 406 g/mol. The van der Waals surface area contributed by atoms with Gasteiger partial charge in [0, 0.05) is 0 Å². The van der Waals surface area contributed by atoms with E-state index in [9.17, 15) is 8.42 Å². The molecule has 0 radical (unpaired) electrons. The van der Waals surface area contributed by atoms with Gasteiger partial charge in [0.2, 0.25) is 10.0 Å². The quantitative estimate of drug-likeness (QED) is 0.703. The summed E-state index contributed by atoms with van der Waals surface area (Å²) in [5.74, 6) is 1.59. The van der Waals surface area contributed by atoms with Crippen LogP contribution >= 0.6 is 0 Å². The van der Waals surface area contributed by atoms with Crippen molar-refractivity contribution >= 4 is 10.0 Å². The standard InChI is InChI=1S/C22H31NO4S/c1-14(2)20-12-22(17(5)11-21(20)26-7)28(24,25)23-18(6)13-27-19-9-8-15(3)16(4)10-19/h8-12,14,18,23H,13H2,1-7H3/t18-/m1/s1. The minimum absolute atomic E-state index is 0.148. The van der Waals surface area contributed by atoms with Gasteiger partial charge in [-0.2, -0.15) is 0 Å². The lowest BCUT2D eigenvalue weighted by Crippen LogP contribution is -2.37. The van der Waals surface area contributed by atoms with E-state index in [1.165, 1.54) is 5.56 Å². The number of hydrogen-bond donors (Lipinski definition) is 1. The molecule has 28 heavy (non-hydrogen) atoms. The summed E-state index contributed by atoms with van der Waals surface area (Å²) in [4.78, 5) is 0.273. The first-order valence-electron chi connectivity index (χ1n) is 9.46. The summed E-state index contributed by atoms with van der Waals surface area (Å²) in [5, 5.41) is 0. The third-order valence-corrected chi connectivity index (χ3v) is 6.51. The van der Waals surface area contributed by atoms with E-state index < -0.39 is 10.0 Å². The summed E-state index contributed by atoms with van der Waals surface area (Å²) in [6, 6.07) is 8.95. The highest BCUT2D eigenvalue weighted by Crippen LogP contribution is 2.31. The van der Waals surface area contributed by atoms with E-state index in [1.807, 2.05) is 45.9 Å². The Morgan fingerprint density at radius 1 is 0.964 bits per heavy atom. The van der Waals surface area contributed by atoms with E-state index in [0.29, 0.717) is 11.3 Å². The molecule has 2 aromatic carbocycles. The largest absolute Gasteiger partial charge is 0.496 e. The van der Waals surface area contributed by atoms with Gasteiger partial charge in [0.1, 0.15) is 18.1 Å². The number of nitrogens with one attached hydrogen (secondary N) is 1. The molecule has 0 aliphatic rings. The van der Waals surface area contributed by atoms with Gasteiger partial charge in [-0.3, -0.25) is 0 Å². The third-order valence-electron chi connectivity index (χ3n) is 4.77. The van der Waals surface area contributed by atoms with E-state index in [4.69, 9.17) is 9.47 Å². The Balaban J connectivity index is 2.16. The molecule has 0 fully saturated rings. The molecule has 0 unspecified atom stereocenters. The lowest BCUT2D eigenvalue weighted by molar-refractivity contribution is 0.287. The van der Waals surface area contributed by atoms with Gasteiger partial charge in [0.15, 0.2) is 0 Å². The molecule has 5 nitrogen and oxygen atoms in total. The first-order valence-corrected chi connectivity index (χ1v) is 10.9. The summed E-state index contributed by atoms with van der Waals surface area (Å²) >= 11 is 0. The lowest BCUT2D eigenvalue weighted by atomic mass is 10.0. The molecule has 0 spiro atoms. The van der Waals surface area contributed by atoms with E-state index in [0.717, 1.165) is 16.9 Å². The zero-order valence-electron chi connectivity index (χ0n) is 17.8. The number of aryl methyl sites for hydroxylation is 3. The Hall–Kier alpha value is -2.05. The fourth-order valence-corrected chi connectivity index (χ4v) is 4.47. The van der Waals surface area contributed by atoms with Gasteiger partial charge >= 0.3 is 0 Å². The van der Waals surface area contributed by atoms with Crippen LogP contribution in [0.5, 0.6) is 11.5 Å². The predicted molar refractivity (Wildman–Crippen MR) is 113 cm³/mol. The highest BCUT2D eigenvalue weighted by atomic mass is 32.2. The molecule has 0 aliphatic heterocycles. The molecule has 0 amide bonds. The lowest BCUT2D eigenvalue weighted by Gasteiger charge is -2.19. The molecular formula is C22H31NO4S. The van der Waals surface area contributed by atoms with Gasteiger partial charge in [0.25, 0.3) is 0 Å². The fourth-order valence-electron chi connectivity index (χ4n) is 2.98. The molecule has 0 heterocycles. The third kappa shape index (κ3) is 5.26. The topological polar surface area (TPSA) is 64.6 Å². The van der Waals surface area contributed by atoms with Crippen molar-refractivity contribution in [2.45, 2.75) is 58.4 Å². The second kappa shape index (κ2) is 8.97. The van der Waals surface area contributed by atoms with Crippen LogP contribution in [-0.2, 0) is 10.0 Å². The molecule has 0 aliphatic carbocycles. The number of ether oxygens (including phenoxy) is 2. The maximum Gasteiger partial charge on any atom is 0.241 e. The van der Waals surface area contributed by atoms with Crippen LogP contribution in [0.1, 0.15) is 48.9 Å². The SMILES string of the molecule is COc1cc(C)c(S(=O)(=O)N[C@H](C)COc2ccc(C)c(C)c2)cc1C(C)C. The maximum absolute atomic E-state index is 12.9. The maximum atomic E-state index is 12.9. The van der Waals surface area contributed by atoms with E-state index >= 15 is 0 Å². The van der Waals surface area contributed by atoms with Crippen LogP contribution in [0.3, 0.4) is 0 Å². The van der Waals surface area contributed by atoms with Crippen LogP contribution in [0, 0.1) is 20.8 Å². The Morgan fingerprint density at radius 3 is 2.21 bits per heavy atom. The van der Waals surface area contributed by atoms with Crippen molar-refractivity contribution in [3.8, 4) is 11.5 Å². The summed E-state index contributed by atoms with van der Waals surface area (Å²) < 4.78 is 39.8. The molecule has 154 valence electrons. The van der Waals surface area contributed by atoms with E-state index in [1.54, 1.807) is 33.1 Å². The molecule has 0 bridgehead atoms. The van der Waals surface area contributed by atoms with Crippen LogP contribution in [0.25, 0.3) is 0 Å². The van der Waals surface area contributed by atoms with E-state index in [2.05, 4.69) is 4.72 Å². The molecule has 1 atom stereocenters. The van der Waals surface area contributed by atoms with Crippen molar-refractivity contribution in [1.29, 1.82) is 0 Å². The van der Waals surface area contributed by atoms with Crippen LogP contribution in [0.4, 0.5) is 0 Å². The molecule has 0 saturated heterocycles. The number of rotatable bonds is 8. The van der Waals surface area contributed by atoms with Crippen molar-refractivity contribution < 1.29 is 17.9 Å². The van der Waals surface area contributed by atoms with Crippen molar-refractivity contribution in [3.05, 3.63) is 52.6 Å². The van der Waals surface area contributed by atoms with Crippen molar-refractivity contribution in [2.75, 3.05) is 13.7 Å². The van der Waals surface area contributed by atoms with Gasteiger partial charge in [-0.15, -0.1) is 0 Å². The minimum atomic E-state index is -3.68. The van der Waals surface area contributed by atoms with Crippen LogP contribution in [-0.4, -0.2) is 28.2 Å². The highest BCUT2D eigenvalue weighted by Gasteiger charge is 2.23. The van der Waals surface area contributed by atoms with Gasteiger partial charge in [-0.25, -0.2) is 13.1 Å². The number of sulfonamides is 1. The van der Waals surface area contributed by atoms with Gasteiger partial charge < -0.3 is 9.47 Å². The zero-order chi connectivity index (χ0) is 21.1. The van der Waals surface area contributed by atoms with Gasteiger partial charge in [-0.1, -0.05) is 19.9 Å². The number of hydrogen-bond acceptors (Lipinski definition) is 4. The minimum Gasteiger partial charge on any atom is -0.496 e. The molecule has 6 heteroatoms. The number of methoxy groups -OCH3 is 1. The van der Waals surface area contributed by atoms with Gasteiger partial charge in [0.05, 0.1) is 18.0 Å². The Labute approximate surface area is 169 Å². The van der Waals surface area contributed by atoms with Crippen LogP contribution < -0.4 is 14.2 Å².